The molecule has 1 aromatic carbocycles. The fourth-order valence-corrected chi connectivity index (χ4v) is 3.68. The highest BCUT2D eigenvalue weighted by atomic mass is 32.1. The van der Waals surface area contributed by atoms with E-state index in [-0.39, 0.29) is 24.9 Å². The molecule has 1 aliphatic heterocycles. The van der Waals surface area contributed by atoms with Crippen molar-refractivity contribution in [2.24, 2.45) is 5.92 Å². The zero-order valence-electron chi connectivity index (χ0n) is 15.3. The highest BCUT2D eigenvalue weighted by Crippen LogP contribution is 2.28. The van der Waals surface area contributed by atoms with Gasteiger partial charge in [-0.2, -0.15) is 0 Å². The number of hydrogen-bond donors (Lipinski definition) is 1. The first-order valence-electron chi connectivity index (χ1n) is 8.84. The number of thiophene rings is 1. The highest BCUT2D eigenvalue weighted by Gasteiger charge is 2.38. The summed E-state index contributed by atoms with van der Waals surface area (Å²) in [6.45, 7) is 1.59. The first-order chi connectivity index (χ1) is 13.5. The number of benzene rings is 1. The van der Waals surface area contributed by atoms with E-state index in [0.29, 0.717) is 4.88 Å². The minimum absolute atomic E-state index is 0.0474. The van der Waals surface area contributed by atoms with E-state index >= 15 is 0 Å². The Morgan fingerprint density at radius 2 is 1.96 bits per heavy atom. The molecule has 28 heavy (non-hydrogen) atoms. The standard InChI is InChI=1S/C20H20N2O5S/c1-13(14-6-3-2-4-7-14)22-11-15(10-18(22)24)20(26)27-12-17(23)21-19(25)16-8-5-9-28-16/h2-9,13,15H,10-12H2,1H3,(H,21,23,25)/t13-,15-/m0/s1. The van der Waals surface area contributed by atoms with Crippen LogP contribution in [0.25, 0.3) is 0 Å². The van der Waals surface area contributed by atoms with E-state index in [1.807, 2.05) is 37.3 Å². The molecule has 146 valence electrons. The fraction of sp³-hybridized carbons (Fsp3) is 0.300. The van der Waals surface area contributed by atoms with Crippen molar-refractivity contribution in [2.75, 3.05) is 13.2 Å². The summed E-state index contributed by atoms with van der Waals surface area (Å²) in [6.07, 6.45) is 0.0474. The van der Waals surface area contributed by atoms with Gasteiger partial charge in [0.25, 0.3) is 11.8 Å². The van der Waals surface area contributed by atoms with Crippen LogP contribution in [-0.2, 0) is 19.1 Å². The number of esters is 1. The first kappa shape index (κ1) is 19.8. The molecule has 3 amide bonds. The number of carbonyl (C=O) groups is 4. The number of nitrogens with one attached hydrogen (secondary N) is 1. The lowest BCUT2D eigenvalue weighted by molar-refractivity contribution is -0.152. The number of imide groups is 1. The van der Waals surface area contributed by atoms with Crippen molar-refractivity contribution < 1.29 is 23.9 Å². The van der Waals surface area contributed by atoms with Crippen LogP contribution in [0.3, 0.4) is 0 Å². The molecule has 2 heterocycles. The number of rotatable bonds is 6. The summed E-state index contributed by atoms with van der Waals surface area (Å²) >= 11 is 1.20. The van der Waals surface area contributed by atoms with E-state index in [1.54, 1.807) is 22.4 Å². The lowest BCUT2D eigenvalue weighted by Gasteiger charge is -2.25. The SMILES string of the molecule is C[C@@H](c1ccccc1)N1C[C@@H](C(=O)OCC(=O)NC(=O)c2cccs2)CC1=O. The molecule has 1 saturated heterocycles. The van der Waals surface area contributed by atoms with Crippen LogP contribution in [-0.4, -0.2) is 41.7 Å². The zero-order valence-corrected chi connectivity index (χ0v) is 16.1. The predicted molar refractivity (Wildman–Crippen MR) is 102 cm³/mol. The van der Waals surface area contributed by atoms with Gasteiger partial charge in [-0.1, -0.05) is 36.4 Å². The predicted octanol–water partition coefficient (Wildman–Crippen LogP) is 2.16. The van der Waals surface area contributed by atoms with Crippen molar-refractivity contribution in [2.45, 2.75) is 19.4 Å². The summed E-state index contributed by atoms with van der Waals surface area (Å²) in [5.74, 6) is -2.61. The largest absolute Gasteiger partial charge is 0.455 e. The van der Waals surface area contributed by atoms with Crippen molar-refractivity contribution >= 4 is 35.0 Å². The van der Waals surface area contributed by atoms with Crippen LogP contribution < -0.4 is 5.32 Å². The van der Waals surface area contributed by atoms with Crippen molar-refractivity contribution in [3.05, 3.63) is 58.3 Å². The molecule has 1 aromatic heterocycles. The zero-order chi connectivity index (χ0) is 20.1. The molecule has 8 heteroatoms. The van der Waals surface area contributed by atoms with Crippen molar-refractivity contribution in [3.8, 4) is 0 Å². The Labute approximate surface area is 166 Å². The van der Waals surface area contributed by atoms with E-state index in [0.717, 1.165) is 5.56 Å². The monoisotopic (exact) mass is 400 g/mol. The highest BCUT2D eigenvalue weighted by molar-refractivity contribution is 7.12. The van der Waals surface area contributed by atoms with Gasteiger partial charge in [0.15, 0.2) is 6.61 Å². The van der Waals surface area contributed by atoms with Crippen LogP contribution in [0, 0.1) is 5.92 Å². The molecule has 0 aliphatic carbocycles. The average molecular weight is 400 g/mol. The molecular formula is C20H20N2O5S. The Morgan fingerprint density at radius 1 is 1.21 bits per heavy atom. The summed E-state index contributed by atoms with van der Waals surface area (Å²) in [4.78, 5) is 50.2. The molecular weight excluding hydrogens is 380 g/mol. The van der Waals surface area contributed by atoms with Gasteiger partial charge in [0.05, 0.1) is 16.8 Å². The summed E-state index contributed by atoms with van der Waals surface area (Å²) in [7, 11) is 0. The number of nitrogens with zero attached hydrogens (tertiary/aromatic N) is 1. The normalized spacial score (nSPS) is 17.2. The molecule has 0 unspecified atom stereocenters. The summed E-state index contributed by atoms with van der Waals surface area (Å²) in [5.41, 5.74) is 0.983. The van der Waals surface area contributed by atoms with Crippen LogP contribution in [0.1, 0.15) is 34.6 Å². The Balaban J connectivity index is 1.49. The Kier molecular flexibility index (Phi) is 6.20. The molecule has 1 aliphatic rings. The summed E-state index contributed by atoms with van der Waals surface area (Å²) in [5, 5.41) is 3.88. The number of carbonyl (C=O) groups excluding carboxylic acids is 4. The van der Waals surface area contributed by atoms with Crippen molar-refractivity contribution in [1.82, 2.24) is 10.2 Å². The van der Waals surface area contributed by atoms with Crippen LogP contribution in [0.4, 0.5) is 0 Å². The Hall–Kier alpha value is -3.00. The second kappa shape index (κ2) is 8.79. The first-order valence-corrected chi connectivity index (χ1v) is 9.72. The molecule has 3 rings (SSSR count). The maximum absolute atomic E-state index is 12.3. The molecule has 0 bridgehead atoms. The van der Waals surface area contributed by atoms with E-state index in [2.05, 4.69) is 5.32 Å². The van der Waals surface area contributed by atoms with Crippen molar-refractivity contribution in [1.29, 1.82) is 0 Å². The lowest BCUT2D eigenvalue weighted by atomic mass is 10.1. The van der Waals surface area contributed by atoms with Gasteiger partial charge in [-0.05, 0) is 23.9 Å². The Morgan fingerprint density at radius 3 is 2.64 bits per heavy atom. The van der Waals surface area contributed by atoms with E-state index < -0.39 is 30.3 Å². The van der Waals surface area contributed by atoms with Gasteiger partial charge >= 0.3 is 5.97 Å². The third-order valence-corrected chi connectivity index (χ3v) is 5.45. The minimum Gasteiger partial charge on any atom is -0.455 e. The number of hydrogen-bond acceptors (Lipinski definition) is 6. The number of likely N-dealkylation sites (tertiary alicyclic amines) is 1. The molecule has 1 fully saturated rings. The maximum Gasteiger partial charge on any atom is 0.311 e. The molecule has 0 spiro atoms. The van der Waals surface area contributed by atoms with Crippen LogP contribution in [0.5, 0.6) is 0 Å². The van der Waals surface area contributed by atoms with Gasteiger partial charge in [-0.15, -0.1) is 11.3 Å². The molecule has 0 saturated carbocycles. The molecule has 7 nitrogen and oxygen atoms in total. The second-order valence-electron chi connectivity index (χ2n) is 6.50. The van der Waals surface area contributed by atoms with E-state index in [9.17, 15) is 19.2 Å². The average Bonchev–Trinajstić information content (AvgIpc) is 3.36. The van der Waals surface area contributed by atoms with Gasteiger partial charge in [-0.3, -0.25) is 24.5 Å². The quantitative estimate of drug-likeness (QED) is 0.750. The third-order valence-electron chi connectivity index (χ3n) is 4.58. The topological polar surface area (TPSA) is 92.8 Å². The van der Waals surface area contributed by atoms with Crippen LogP contribution >= 0.6 is 11.3 Å². The van der Waals surface area contributed by atoms with Crippen LogP contribution in [0.2, 0.25) is 0 Å². The van der Waals surface area contributed by atoms with Gasteiger partial charge < -0.3 is 9.64 Å². The van der Waals surface area contributed by atoms with Crippen LogP contribution in [0.15, 0.2) is 47.8 Å². The van der Waals surface area contributed by atoms with Gasteiger partial charge in [-0.25, -0.2) is 0 Å². The van der Waals surface area contributed by atoms with E-state index in [1.165, 1.54) is 11.3 Å². The number of amides is 3. The number of ether oxygens (including phenoxy) is 1. The van der Waals surface area contributed by atoms with Gasteiger partial charge in [0, 0.05) is 13.0 Å². The third kappa shape index (κ3) is 4.64. The van der Waals surface area contributed by atoms with Gasteiger partial charge in [0.1, 0.15) is 0 Å². The maximum atomic E-state index is 12.3. The Bertz CT molecular complexity index is 866. The fourth-order valence-electron chi connectivity index (χ4n) is 3.06. The molecule has 1 N–H and O–H groups in total. The summed E-state index contributed by atoms with van der Waals surface area (Å²) < 4.78 is 5.01. The molecule has 2 atom stereocenters. The minimum atomic E-state index is -0.703. The smallest absolute Gasteiger partial charge is 0.311 e. The van der Waals surface area contributed by atoms with Crippen molar-refractivity contribution in [3.63, 3.8) is 0 Å². The second-order valence-corrected chi connectivity index (χ2v) is 7.44. The van der Waals surface area contributed by atoms with E-state index in [4.69, 9.17) is 4.74 Å². The summed E-state index contributed by atoms with van der Waals surface area (Å²) in [6, 6.07) is 12.7. The molecule has 2 aromatic rings. The molecule has 0 radical (unpaired) electrons. The van der Waals surface area contributed by atoms with Gasteiger partial charge in [0.2, 0.25) is 5.91 Å². The lowest BCUT2D eigenvalue weighted by Crippen LogP contribution is -2.35.